The third-order valence-electron chi connectivity index (χ3n) is 15.4. The van der Waals surface area contributed by atoms with Crippen molar-refractivity contribution >= 4 is 75.9 Å². The molecule has 0 bridgehead atoms. The summed E-state index contributed by atoms with van der Waals surface area (Å²) in [5, 5.41) is 63.0. The molecule has 5 aromatic rings. The van der Waals surface area contributed by atoms with E-state index >= 15 is 0 Å². The summed E-state index contributed by atoms with van der Waals surface area (Å²) in [5.41, 5.74) is 2.62. The van der Waals surface area contributed by atoms with Crippen LogP contribution in [0.2, 0.25) is 0 Å². The lowest BCUT2D eigenvalue weighted by molar-refractivity contribution is -0.146. The molecule has 0 radical (unpaired) electrons. The van der Waals surface area contributed by atoms with Gasteiger partial charge in [-0.05, 0) is 71.8 Å². The highest BCUT2D eigenvalue weighted by atomic mass is 16.4. The van der Waals surface area contributed by atoms with Gasteiger partial charge in [-0.2, -0.15) is 0 Å². The maximum absolute atomic E-state index is 14.9. The first-order valence-electron chi connectivity index (χ1n) is 29.1. The van der Waals surface area contributed by atoms with E-state index in [0.717, 1.165) is 16.2 Å². The number of rotatable bonds is 15. The molecule has 10 amide bonds. The Kier molecular flexibility index (Phi) is 23.5. The quantitative estimate of drug-likeness (QED) is 0.0608. The molecule has 7 rings (SSSR count). The van der Waals surface area contributed by atoms with E-state index in [-0.39, 0.29) is 63.0 Å². The van der Waals surface area contributed by atoms with E-state index in [1.807, 2.05) is 6.92 Å². The second kappa shape index (κ2) is 31.5. The van der Waals surface area contributed by atoms with Gasteiger partial charge in [-0.15, -0.1) is 0 Å². The molecular formula is C62H75N11O15. The second-order valence-electron chi connectivity index (χ2n) is 21.9. The fraction of sp³-hybridized carbons (Fsp3) is 0.403. The van der Waals surface area contributed by atoms with E-state index in [1.165, 1.54) is 55.6 Å². The van der Waals surface area contributed by atoms with Crippen LogP contribution in [0.5, 0.6) is 11.5 Å². The number of aromatic hydroxyl groups is 2. The Morgan fingerprint density at radius 2 is 1.15 bits per heavy atom. The van der Waals surface area contributed by atoms with Gasteiger partial charge in [0.25, 0.3) is 0 Å². The van der Waals surface area contributed by atoms with Crippen molar-refractivity contribution in [2.75, 3.05) is 33.2 Å². The predicted molar refractivity (Wildman–Crippen MR) is 318 cm³/mol. The van der Waals surface area contributed by atoms with Crippen LogP contribution >= 0.6 is 0 Å². The molecule has 2 fully saturated rings. The number of carbonyl (C=O) groups is 11. The van der Waals surface area contributed by atoms with Crippen LogP contribution in [0.1, 0.15) is 74.1 Å². The summed E-state index contributed by atoms with van der Waals surface area (Å²) in [6, 6.07) is 16.1. The molecule has 26 heteroatoms. The third-order valence-corrected chi connectivity index (χ3v) is 15.4. The van der Waals surface area contributed by atoms with Crippen LogP contribution < -0.4 is 42.5 Å². The smallest absolute Gasteiger partial charge is 0.305 e. The first-order chi connectivity index (χ1) is 42.2. The maximum atomic E-state index is 14.9. The van der Waals surface area contributed by atoms with Gasteiger partial charge in [0.15, 0.2) is 0 Å². The largest absolute Gasteiger partial charge is 0.508 e. The number of H-pyrrole nitrogens is 1. The summed E-state index contributed by atoms with van der Waals surface area (Å²) in [5.74, 6) is -11.0. The highest BCUT2D eigenvalue weighted by molar-refractivity contribution is 6.00. The van der Waals surface area contributed by atoms with E-state index in [2.05, 4.69) is 47.5 Å². The highest BCUT2D eigenvalue weighted by Crippen LogP contribution is 2.23. The lowest BCUT2D eigenvalue weighted by atomic mass is 9.99. The van der Waals surface area contributed by atoms with Crippen molar-refractivity contribution in [2.24, 2.45) is 0 Å². The van der Waals surface area contributed by atoms with Gasteiger partial charge in [-0.3, -0.25) is 52.7 Å². The molecule has 2 aliphatic heterocycles. The van der Waals surface area contributed by atoms with Crippen molar-refractivity contribution in [3.05, 3.63) is 132 Å². The average molecular weight is 1210 g/mol. The van der Waals surface area contributed by atoms with Crippen LogP contribution in [-0.4, -0.2) is 182 Å². The fourth-order valence-electron chi connectivity index (χ4n) is 10.5. The van der Waals surface area contributed by atoms with Crippen molar-refractivity contribution in [1.29, 1.82) is 0 Å². The number of benzene rings is 4. The molecular weight excluding hydrogens is 1140 g/mol. The highest BCUT2D eigenvalue weighted by Gasteiger charge is 2.41. The molecule has 2 aliphatic rings. The van der Waals surface area contributed by atoms with E-state index < -0.39 is 139 Å². The van der Waals surface area contributed by atoms with Crippen LogP contribution in [0.15, 0.2) is 109 Å². The lowest BCUT2D eigenvalue weighted by Crippen LogP contribution is -2.62. The first-order valence-corrected chi connectivity index (χ1v) is 29.1. The van der Waals surface area contributed by atoms with Crippen molar-refractivity contribution < 1.29 is 73.2 Å². The molecule has 4 aromatic carbocycles. The van der Waals surface area contributed by atoms with Crippen molar-refractivity contribution in [2.45, 2.75) is 126 Å². The topological polar surface area (TPSA) is 387 Å². The molecule has 468 valence electrons. The van der Waals surface area contributed by atoms with Gasteiger partial charge in [0.2, 0.25) is 59.1 Å². The molecule has 8 atom stereocenters. The number of amides is 10. The van der Waals surface area contributed by atoms with Gasteiger partial charge < -0.3 is 77.7 Å². The number of carboxylic acids is 1. The molecule has 0 spiro atoms. The number of carboxylic acid groups (broad SMARTS) is 1. The summed E-state index contributed by atoms with van der Waals surface area (Å²) in [6.07, 6.45) is 0.263. The zero-order valence-corrected chi connectivity index (χ0v) is 48.8. The zero-order valence-electron chi connectivity index (χ0n) is 48.8. The molecule has 88 heavy (non-hydrogen) atoms. The number of aromatic nitrogens is 1. The number of unbranched alkanes of at least 4 members (excludes halogenated alkanes) is 2. The molecule has 0 aliphatic carbocycles. The Bertz CT molecular complexity index is 3310. The SMILES string of the molecule is CCCCC[C@@H](O)[C@@H]1NC(=O)[C@H](Cc2ccc(O)cc2)NC(=O)[C@H](Cc2ccccc2)N(C)C(=O)CNC(=O)CNC(=O)[C@H]2CCCN2C(=O)[C@H](CC(=O)O)NC(=O)[C@H](Cc2ccc(O)cc2)NC(=O)CNC(=O)[C@H](Cc2c[nH]c3ccccc23)NC1=O. The minimum absolute atomic E-state index is 0.0154. The standard InChI is InChI=1S/C62H75N11O15/c1-3-4-6-17-50(76)55-61(87)69-46(30-39-32-63-43-15-10-9-14-42(39)43)56(82)65-34-52(78)67-44(27-37-18-22-40(74)23-19-37)57(83)70-47(31-54(80)81)62(88)73-26-11-16-48(73)59(85)66-33-51(77)64-35-53(79)72(2)49(29-36-12-7-5-8-13-36)60(86)68-45(58(84)71-55)28-38-20-24-41(75)25-21-38/h5,7-10,12-15,18-25,32,44-50,55,63,74-76H,3-4,6,11,16-17,26-31,33-35H2,1-2H3,(H,64,77)(H,65,82)(H,66,85)(H,67,78)(H,68,86)(H,69,87)(H,70,83)(H,71,84)(H,80,81)/t44-,45-,46-,47-,48+,49-,50+,55-/m0/s1. The van der Waals surface area contributed by atoms with Crippen LogP contribution in [0, 0.1) is 0 Å². The maximum Gasteiger partial charge on any atom is 0.305 e. The molecule has 13 N–H and O–H groups in total. The summed E-state index contributed by atoms with van der Waals surface area (Å²) in [6.45, 7) is -0.340. The minimum Gasteiger partial charge on any atom is -0.508 e. The number of aromatic amines is 1. The van der Waals surface area contributed by atoms with Crippen LogP contribution in [-0.2, 0) is 78.4 Å². The van der Waals surface area contributed by atoms with E-state index in [0.29, 0.717) is 46.0 Å². The van der Waals surface area contributed by atoms with Gasteiger partial charge in [0.05, 0.1) is 32.2 Å². The van der Waals surface area contributed by atoms with Gasteiger partial charge in [0.1, 0.15) is 53.8 Å². The van der Waals surface area contributed by atoms with Crippen molar-refractivity contribution in [3.63, 3.8) is 0 Å². The zero-order chi connectivity index (χ0) is 63.4. The number of phenolic OH excluding ortho intramolecular Hbond substituents is 2. The number of fused-ring (bicyclic) bond motifs is 2. The summed E-state index contributed by atoms with van der Waals surface area (Å²) < 4.78 is 0. The molecule has 0 saturated carbocycles. The molecule has 3 heterocycles. The van der Waals surface area contributed by atoms with Crippen LogP contribution in [0.25, 0.3) is 10.9 Å². The summed E-state index contributed by atoms with van der Waals surface area (Å²) in [4.78, 5) is 160. The van der Waals surface area contributed by atoms with Gasteiger partial charge in [-0.25, -0.2) is 0 Å². The predicted octanol–water partition coefficient (Wildman–Crippen LogP) is -0.130. The number of aliphatic hydroxyl groups excluding tert-OH is 1. The van der Waals surface area contributed by atoms with Crippen LogP contribution in [0.3, 0.4) is 0 Å². The number of aliphatic hydroxyl groups is 1. The number of aliphatic carboxylic acids is 1. The molecule has 1 aromatic heterocycles. The molecule has 2 saturated heterocycles. The number of nitrogens with one attached hydrogen (secondary N) is 9. The average Bonchev–Trinajstić information content (AvgIpc) is 4.25. The van der Waals surface area contributed by atoms with Crippen molar-refractivity contribution in [3.8, 4) is 11.5 Å². The third kappa shape index (κ3) is 18.6. The van der Waals surface area contributed by atoms with Crippen molar-refractivity contribution in [1.82, 2.24) is 57.3 Å². The number of likely N-dealkylation sites (N-methyl/N-ethyl adjacent to an activating group) is 1. The van der Waals surface area contributed by atoms with Crippen LogP contribution in [0.4, 0.5) is 0 Å². The number of hydrogen-bond donors (Lipinski definition) is 13. The van der Waals surface area contributed by atoms with Gasteiger partial charge in [-0.1, -0.05) is 99.0 Å². The Morgan fingerprint density at radius 3 is 1.81 bits per heavy atom. The number of phenols is 2. The Balaban J connectivity index is 1.26. The van der Waals surface area contributed by atoms with Gasteiger partial charge >= 0.3 is 5.97 Å². The fourth-order valence-corrected chi connectivity index (χ4v) is 10.5. The van der Waals surface area contributed by atoms with E-state index in [1.54, 1.807) is 60.8 Å². The first kappa shape index (κ1) is 65.7. The Hall–Kier alpha value is -9.85. The molecule has 0 unspecified atom stereocenters. The normalized spacial score (nSPS) is 22.4. The second-order valence-corrected chi connectivity index (χ2v) is 21.9. The minimum atomic E-state index is -1.80. The summed E-state index contributed by atoms with van der Waals surface area (Å²) in [7, 11) is 1.31. The number of carbonyl (C=O) groups excluding carboxylic acids is 10. The number of nitrogens with zero attached hydrogens (tertiary/aromatic N) is 2. The number of hydrogen-bond acceptors (Lipinski definition) is 14. The Morgan fingerprint density at radius 1 is 0.580 bits per heavy atom. The monoisotopic (exact) mass is 1210 g/mol. The molecule has 26 nitrogen and oxygen atoms in total. The number of para-hydroxylation sites is 1. The lowest BCUT2D eigenvalue weighted by Gasteiger charge is -2.31. The van der Waals surface area contributed by atoms with Gasteiger partial charge in [0, 0.05) is 56.4 Å². The van der Waals surface area contributed by atoms with E-state index in [9.17, 15) is 73.2 Å². The Labute approximate surface area is 506 Å². The summed E-state index contributed by atoms with van der Waals surface area (Å²) >= 11 is 0. The van der Waals surface area contributed by atoms with E-state index in [4.69, 9.17) is 0 Å².